The van der Waals surface area contributed by atoms with Crippen molar-refractivity contribution in [3.8, 4) is 5.75 Å². The first-order valence-electron chi connectivity index (χ1n) is 14.1. The highest BCUT2D eigenvalue weighted by molar-refractivity contribution is 9.09. The quantitative estimate of drug-likeness (QED) is 0.123. The van der Waals surface area contributed by atoms with Gasteiger partial charge in [0.2, 0.25) is 0 Å². The van der Waals surface area contributed by atoms with E-state index in [1.54, 1.807) is 0 Å². The van der Waals surface area contributed by atoms with Crippen LogP contribution < -0.4 is 4.74 Å². The molecule has 40 heavy (non-hydrogen) atoms. The lowest BCUT2D eigenvalue weighted by atomic mass is 10.0. The summed E-state index contributed by atoms with van der Waals surface area (Å²) in [6.45, 7) is 0.740. The molecule has 6 rings (SSSR count). The van der Waals surface area contributed by atoms with Gasteiger partial charge in [-0.3, -0.25) is 0 Å². The average molecular weight is 594 g/mol. The molecule has 1 aromatic carbocycles. The van der Waals surface area contributed by atoms with E-state index >= 15 is 0 Å². The number of hydrogen-bond donors (Lipinski definition) is 2. The number of nitrogens with zero attached hydrogens (tertiary/aromatic N) is 2. The third-order valence-electron chi connectivity index (χ3n) is 7.11. The number of H-pyrrole nitrogens is 2. The van der Waals surface area contributed by atoms with Gasteiger partial charge in [-0.15, -0.1) is 0 Å². The van der Waals surface area contributed by atoms with Crippen molar-refractivity contribution in [2.75, 3.05) is 11.9 Å². The van der Waals surface area contributed by atoms with E-state index in [2.05, 4.69) is 98.7 Å². The minimum atomic E-state index is 0.740. The van der Waals surface area contributed by atoms with Crippen molar-refractivity contribution in [3.63, 3.8) is 0 Å². The number of fused-ring (bicyclic) bond motifs is 8. The van der Waals surface area contributed by atoms with E-state index in [9.17, 15) is 0 Å². The Morgan fingerprint density at radius 1 is 0.625 bits per heavy atom. The lowest BCUT2D eigenvalue weighted by Gasteiger charge is -2.09. The van der Waals surface area contributed by atoms with Gasteiger partial charge in [-0.2, -0.15) is 0 Å². The fourth-order valence-corrected chi connectivity index (χ4v) is 5.49. The third-order valence-corrected chi connectivity index (χ3v) is 7.67. The Morgan fingerprint density at radius 3 is 2.02 bits per heavy atom. The Labute approximate surface area is 243 Å². The van der Waals surface area contributed by atoms with E-state index in [1.807, 2.05) is 18.2 Å². The molecule has 0 atom stereocenters. The van der Waals surface area contributed by atoms with Gasteiger partial charge >= 0.3 is 0 Å². The molecule has 0 amide bonds. The highest BCUT2D eigenvalue weighted by Gasteiger charge is 2.14. The zero-order valence-electron chi connectivity index (χ0n) is 22.5. The number of ether oxygens (including phenoxy) is 1. The summed E-state index contributed by atoms with van der Waals surface area (Å²) in [5.41, 5.74) is 9.82. The van der Waals surface area contributed by atoms with Crippen LogP contribution in [0.3, 0.4) is 0 Å². The molecule has 0 radical (unpaired) electrons. The molecular weight excluding hydrogens is 560 g/mol. The highest BCUT2D eigenvalue weighted by atomic mass is 79.9. The van der Waals surface area contributed by atoms with Gasteiger partial charge in [0.05, 0.1) is 29.4 Å². The van der Waals surface area contributed by atoms with Crippen LogP contribution in [0.2, 0.25) is 0 Å². The molecule has 0 saturated heterocycles. The Hall–Kier alpha value is -3.90. The van der Waals surface area contributed by atoms with Gasteiger partial charge in [-0.05, 0) is 97.3 Å². The van der Waals surface area contributed by atoms with Crippen LogP contribution in [0.4, 0.5) is 0 Å². The second-order valence-corrected chi connectivity index (χ2v) is 11.1. The number of unbranched alkanes of at least 4 members (excludes halogenated alkanes) is 5. The van der Waals surface area contributed by atoms with Crippen molar-refractivity contribution in [1.29, 1.82) is 0 Å². The van der Waals surface area contributed by atoms with E-state index in [0.717, 1.165) is 80.1 Å². The van der Waals surface area contributed by atoms with E-state index in [4.69, 9.17) is 14.7 Å². The van der Waals surface area contributed by atoms with E-state index < -0.39 is 0 Å². The Bertz CT molecular complexity index is 1710. The molecule has 3 aromatic heterocycles. The van der Waals surface area contributed by atoms with Crippen molar-refractivity contribution in [2.45, 2.75) is 38.5 Å². The molecule has 5 heterocycles. The summed E-state index contributed by atoms with van der Waals surface area (Å²) in [4.78, 5) is 16.8. The standard InChI is InChI=1S/C34H33BrN4O/c35-16-5-3-1-2-4-6-17-40-32-9-7-8-24(18-32)33-22-31-21-29-13-12-27(37-29)19-25-10-11-26(36-25)20-28-14-15-30(38-28)23-34(33)39-31/h7-15,18-23,36-37H,1-6,16-17H2. The number of alkyl halides is 1. The molecule has 0 unspecified atom stereocenters. The maximum absolute atomic E-state index is 6.15. The smallest absolute Gasteiger partial charge is 0.119 e. The number of rotatable bonds is 10. The fourth-order valence-electron chi connectivity index (χ4n) is 5.09. The van der Waals surface area contributed by atoms with Crippen molar-refractivity contribution in [2.24, 2.45) is 0 Å². The van der Waals surface area contributed by atoms with Crippen molar-refractivity contribution >= 4 is 61.8 Å². The zero-order valence-corrected chi connectivity index (χ0v) is 24.1. The lowest BCUT2D eigenvalue weighted by Crippen LogP contribution is -1.98. The molecule has 8 bridgehead atoms. The van der Waals surface area contributed by atoms with E-state index in [1.165, 1.54) is 32.1 Å². The SMILES string of the molecule is BrCCCCCCCCOc1cccc(C2=Cc3cc4ccc(cc5ccc(cc6nc(cc2n3)C=C6)[nH]5)[nH]4)c1. The molecular formula is C34H33BrN4O. The minimum absolute atomic E-state index is 0.740. The van der Waals surface area contributed by atoms with Gasteiger partial charge in [0.1, 0.15) is 5.75 Å². The van der Waals surface area contributed by atoms with Crippen LogP contribution >= 0.6 is 15.9 Å². The summed E-state index contributed by atoms with van der Waals surface area (Å²) in [5, 5.41) is 1.10. The number of aromatic nitrogens is 4. The predicted octanol–water partition coefficient (Wildman–Crippen LogP) is 9.19. The molecule has 202 valence electrons. The van der Waals surface area contributed by atoms with Crippen molar-refractivity contribution < 1.29 is 4.74 Å². The second-order valence-electron chi connectivity index (χ2n) is 10.3. The highest BCUT2D eigenvalue weighted by Crippen LogP contribution is 2.31. The molecule has 2 aliphatic rings. The number of nitrogens with one attached hydrogen (secondary N) is 2. The first kappa shape index (κ1) is 26.3. The Balaban J connectivity index is 1.30. The minimum Gasteiger partial charge on any atom is -0.494 e. The van der Waals surface area contributed by atoms with Crippen LogP contribution in [-0.2, 0) is 0 Å². The molecule has 2 aliphatic heterocycles. The predicted molar refractivity (Wildman–Crippen MR) is 170 cm³/mol. The van der Waals surface area contributed by atoms with Crippen molar-refractivity contribution in [1.82, 2.24) is 19.9 Å². The van der Waals surface area contributed by atoms with Gasteiger partial charge in [0, 0.05) is 33.0 Å². The van der Waals surface area contributed by atoms with Crippen LogP contribution in [-0.4, -0.2) is 31.9 Å². The van der Waals surface area contributed by atoms with Crippen LogP contribution in [0.15, 0.2) is 72.8 Å². The first-order chi connectivity index (χ1) is 19.7. The van der Waals surface area contributed by atoms with Gasteiger partial charge < -0.3 is 14.7 Å². The molecule has 2 N–H and O–H groups in total. The summed E-state index contributed by atoms with van der Waals surface area (Å²) in [5.74, 6) is 0.894. The van der Waals surface area contributed by atoms with Crippen LogP contribution in [0.1, 0.15) is 66.9 Å². The summed E-state index contributed by atoms with van der Waals surface area (Å²) >= 11 is 3.51. The normalized spacial score (nSPS) is 12.5. The molecule has 0 spiro atoms. The number of aromatic amines is 2. The van der Waals surface area contributed by atoms with Gasteiger partial charge in [0.25, 0.3) is 0 Å². The topological polar surface area (TPSA) is 66.6 Å². The molecule has 0 aliphatic carbocycles. The Morgan fingerprint density at radius 2 is 1.27 bits per heavy atom. The fraction of sp³-hybridized carbons (Fsp3) is 0.235. The summed E-state index contributed by atoms with van der Waals surface area (Å²) in [6.07, 6.45) is 13.7. The van der Waals surface area contributed by atoms with Gasteiger partial charge in [-0.1, -0.05) is 53.7 Å². The van der Waals surface area contributed by atoms with E-state index in [0.29, 0.717) is 0 Å². The molecule has 5 nitrogen and oxygen atoms in total. The molecule has 4 aromatic rings. The largest absolute Gasteiger partial charge is 0.494 e. The van der Waals surface area contributed by atoms with Crippen LogP contribution in [0, 0.1) is 0 Å². The number of hydrogen-bond acceptors (Lipinski definition) is 3. The van der Waals surface area contributed by atoms with Crippen LogP contribution in [0.5, 0.6) is 5.75 Å². The maximum atomic E-state index is 6.15. The first-order valence-corrected chi connectivity index (χ1v) is 15.2. The zero-order chi connectivity index (χ0) is 27.1. The molecule has 0 fully saturated rings. The van der Waals surface area contributed by atoms with Gasteiger partial charge in [-0.25, -0.2) is 9.97 Å². The number of benzene rings is 1. The molecule has 6 heteroatoms. The second kappa shape index (κ2) is 12.5. The van der Waals surface area contributed by atoms with Gasteiger partial charge in [0.15, 0.2) is 0 Å². The third kappa shape index (κ3) is 6.62. The average Bonchev–Trinajstić information content (AvgIpc) is 3.76. The van der Waals surface area contributed by atoms with Crippen LogP contribution in [0.25, 0.3) is 45.9 Å². The van der Waals surface area contributed by atoms with Crippen molar-refractivity contribution in [3.05, 3.63) is 101 Å². The monoisotopic (exact) mass is 592 g/mol. The number of halogens is 1. The van der Waals surface area contributed by atoms with E-state index in [-0.39, 0.29) is 0 Å². The summed E-state index contributed by atoms with van der Waals surface area (Å²) in [7, 11) is 0. The Kier molecular flexibility index (Phi) is 8.24. The summed E-state index contributed by atoms with van der Waals surface area (Å²) < 4.78 is 6.15. The summed E-state index contributed by atoms with van der Waals surface area (Å²) in [6, 6.07) is 25.0. The lowest BCUT2D eigenvalue weighted by molar-refractivity contribution is 0.304. The molecule has 0 saturated carbocycles. The maximum Gasteiger partial charge on any atom is 0.119 e.